The molecule has 0 atom stereocenters. The number of aromatic nitrogens is 1. The lowest BCUT2D eigenvalue weighted by Crippen LogP contribution is -1.83. The molecule has 0 bridgehead atoms. The minimum atomic E-state index is 0.578. The van der Waals surface area contributed by atoms with Crippen molar-refractivity contribution in [1.29, 1.82) is 0 Å². The van der Waals surface area contributed by atoms with Gasteiger partial charge in [-0.05, 0) is 19.1 Å². The lowest BCUT2D eigenvalue weighted by Gasteiger charge is -2.03. The zero-order chi connectivity index (χ0) is 10.1. The maximum Gasteiger partial charge on any atom is 0.127 e. The van der Waals surface area contributed by atoms with Gasteiger partial charge in [0.05, 0.1) is 10.0 Å². The molecule has 2 rings (SSSR count). The minimum Gasteiger partial charge on any atom is -0.364 e. The summed E-state index contributed by atoms with van der Waals surface area (Å²) in [7, 11) is 0. The molecule has 4 heteroatoms. The standard InChI is InChI=1S/C10H7Cl2NO/c1-6-5-14-13-10(6)9-7(11)3-2-4-8(9)12/h2-5H,1H3. The number of benzene rings is 1. The Balaban J connectivity index is 2.68. The van der Waals surface area contributed by atoms with Gasteiger partial charge in [-0.25, -0.2) is 0 Å². The molecule has 0 aliphatic rings. The van der Waals surface area contributed by atoms with Crippen LogP contribution < -0.4 is 0 Å². The zero-order valence-electron chi connectivity index (χ0n) is 7.42. The maximum atomic E-state index is 6.03. The average Bonchev–Trinajstić information content (AvgIpc) is 2.52. The first kappa shape index (κ1) is 9.56. The second-order valence-electron chi connectivity index (χ2n) is 2.94. The molecule has 0 unspecified atom stereocenters. The molecule has 0 saturated heterocycles. The minimum absolute atomic E-state index is 0.578. The van der Waals surface area contributed by atoms with Crippen LogP contribution in [0.25, 0.3) is 11.3 Å². The summed E-state index contributed by atoms with van der Waals surface area (Å²) in [6.45, 7) is 1.89. The summed E-state index contributed by atoms with van der Waals surface area (Å²) < 4.78 is 4.84. The van der Waals surface area contributed by atoms with Crippen LogP contribution in [0.2, 0.25) is 10.0 Å². The first-order chi connectivity index (χ1) is 6.70. The van der Waals surface area contributed by atoms with Crippen molar-refractivity contribution in [2.24, 2.45) is 0 Å². The van der Waals surface area contributed by atoms with Gasteiger partial charge in [0, 0.05) is 11.1 Å². The van der Waals surface area contributed by atoms with Crippen molar-refractivity contribution in [2.45, 2.75) is 6.92 Å². The van der Waals surface area contributed by atoms with E-state index < -0.39 is 0 Å². The summed E-state index contributed by atoms with van der Waals surface area (Å²) in [5, 5.41) is 5.02. The van der Waals surface area contributed by atoms with Crippen LogP contribution in [-0.4, -0.2) is 5.16 Å². The van der Waals surface area contributed by atoms with Gasteiger partial charge in [-0.15, -0.1) is 0 Å². The second kappa shape index (κ2) is 3.64. The van der Waals surface area contributed by atoms with Gasteiger partial charge in [-0.2, -0.15) is 0 Å². The monoisotopic (exact) mass is 227 g/mol. The molecule has 1 heterocycles. The van der Waals surface area contributed by atoms with Gasteiger partial charge >= 0.3 is 0 Å². The van der Waals surface area contributed by atoms with Crippen LogP contribution in [0.5, 0.6) is 0 Å². The number of nitrogens with zero attached hydrogens (tertiary/aromatic N) is 1. The average molecular weight is 228 g/mol. The first-order valence-corrected chi connectivity index (χ1v) is 4.81. The maximum absolute atomic E-state index is 6.03. The molecule has 14 heavy (non-hydrogen) atoms. The highest BCUT2D eigenvalue weighted by molar-refractivity contribution is 6.39. The Morgan fingerprint density at radius 1 is 1.21 bits per heavy atom. The highest BCUT2D eigenvalue weighted by atomic mass is 35.5. The number of rotatable bonds is 1. The van der Waals surface area contributed by atoms with E-state index in [0.29, 0.717) is 15.7 Å². The number of aryl methyl sites for hydroxylation is 1. The summed E-state index contributed by atoms with van der Waals surface area (Å²) in [5.74, 6) is 0. The molecule has 1 aromatic heterocycles. The van der Waals surface area contributed by atoms with Gasteiger partial charge in [0.1, 0.15) is 12.0 Å². The molecule has 0 aliphatic heterocycles. The molecule has 0 aliphatic carbocycles. The largest absolute Gasteiger partial charge is 0.364 e. The molecule has 0 saturated carbocycles. The van der Waals surface area contributed by atoms with Crippen molar-refractivity contribution < 1.29 is 4.52 Å². The number of halogens is 2. The quantitative estimate of drug-likeness (QED) is 0.738. The smallest absolute Gasteiger partial charge is 0.127 e. The lowest BCUT2D eigenvalue weighted by molar-refractivity contribution is 0.421. The van der Waals surface area contributed by atoms with Crippen molar-refractivity contribution in [3.63, 3.8) is 0 Å². The Bertz CT molecular complexity index is 445. The molecule has 72 valence electrons. The predicted molar refractivity (Wildman–Crippen MR) is 56.7 cm³/mol. The summed E-state index contributed by atoms with van der Waals surface area (Å²) in [6.07, 6.45) is 1.56. The van der Waals surface area contributed by atoms with E-state index in [9.17, 15) is 0 Å². The van der Waals surface area contributed by atoms with E-state index in [1.165, 1.54) is 0 Å². The fraction of sp³-hybridized carbons (Fsp3) is 0.100. The Labute approximate surface area is 91.4 Å². The summed E-state index contributed by atoms with van der Waals surface area (Å²) in [5.41, 5.74) is 2.34. The SMILES string of the molecule is Cc1conc1-c1c(Cl)cccc1Cl. The first-order valence-electron chi connectivity index (χ1n) is 4.05. The zero-order valence-corrected chi connectivity index (χ0v) is 8.93. The van der Waals surface area contributed by atoms with Gasteiger partial charge in [-0.1, -0.05) is 34.4 Å². The van der Waals surface area contributed by atoms with Crippen LogP contribution >= 0.6 is 23.2 Å². The Morgan fingerprint density at radius 3 is 2.36 bits per heavy atom. The summed E-state index contributed by atoms with van der Waals surface area (Å²) in [6, 6.07) is 5.34. The normalized spacial score (nSPS) is 10.5. The molecule has 2 aromatic rings. The fourth-order valence-corrected chi connectivity index (χ4v) is 1.83. The topological polar surface area (TPSA) is 26.0 Å². The second-order valence-corrected chi connectivity index (χ2v) is 3.76. The molecule has 1 aromatic carbocycles. The van der Waals surface area contributed by atoms with E-state index in [1.807, 2.05) is 6.92 Å². The van der Waals surface area contributed by atoms with Gasteiger partial charge in [0.2, 0.25) is 0 Å². The van der Waals surface area contributed by atoms with Crippen LogP contribution in [0.3, 0.4) is 0 Å². The molecule has 2 nitrogen and oxygen atoms in total. The van der Waals surface area contributed by atoms with E-state index in [4.69, 9.17) is 27.7 Å². The van der Waals surface area contributed by atoms with E-state index in [0.717, 1.165) is 11.1 Å². The third-order valence-corrected chi connectivity index (χ3v) is 2.58. The van der Waals surface area contributed by atoms with E-state index >= 15 is 0 Å². The third-order valence-electron chi connectivity index (χ3n) is 1.95. The molecule has 0 spiro atoms. The fourth-order valence-electron chi connectivity index (χ4n) is 1.25. The third kappa shape index (κ3) is 1.51. The molecule has 0 radical (unpaired) electrons. The summed E-state index contributed by atoms with van der Waals surface area (Å²) >= 11 is 12.1. The van der Waals surface area contributed by atoms with E-state index in [-0.39, 0.29) is 0 Å². The summed E-state index contributed by atoms with van der Waals surface area (Å²) in [4.78, 5) is 0. The van der Waals surface area contributed by atoms with Crippen molar-refractivity contribution in [3.05, 3.63) is 40.1 Å². The van der Waals surface area contributed by atoms with E-state index in [1.54, 1.807) is 24.5 Å². The van der Waals surface area contributed by atoms with Gasteiger partial charge in [0.25, 0.3) is 0 Å². The number of hydrogen-bond acceptors (Lipinski definition) is 2. The molecule has 0 fully saturated rings. The Kier molecular flexibility index (Phi) is 2.48. The van der Waals surface area contributed by atoms with Crippen molar-refractivity contribution >= 4 is 23.2 Å². The Morgan fingerprint density at radius 2 is 1.86 bits per heavy atom. The van der Waals surface area contributed by atoms with Crippen LogP contribution in [0.15, 0.2) is 29.0 Å². The molecule has 0 N–H and O–H groups in total. The molecular weight excluding hydrogens is 221 g/mol. The van der Waals surface area contributed by atoms with Crippen LogP contribution in [0.1, 0.15) is 5.56 Å². The van der Waals surface area contributed by atoms with Crippen LogP contribution in [0, 0.1) is 6.92 Å². The van der Waals surface area contributed by atoms with E-state index in [2.05, 4.69) is 5.16 Å². The van der Waals surface area contributed by atoms with Crippen molar-refractivity contribution in [1.82, 2.24) is 5.16 Å². The highest BCUT2D eigenvalue weighted by Crippen LogP contribution is 2.34. The van der Waals surface area contributed by atoms with Crippen molar-refractivity contribution in [3.8, 4) is 11.3 Å². The Hall–Kier alpha value is -0.990. The van der Waals surface area contributed by atoms with Crippen molar-refractivity contribution in [2.75, 3.05) is 0 Å². The molecular formula is C10H7Cl2NO. The molecule has 0 amide bonds. The van der Waals surface area contributed by atoms with Crippen LogP contribution in [0.4, 0.5) is 0 Å². The number of hydrogen-bond donors (Lipinski definition) is 0. The highest BCUT2D eigenvalue weighted by Gasteiger charge is 2.13. The van der Waals surface area contributed by atoms with Gasteiger partial charge in [0.15, 0.2) is 0 Å². The van der Waals surface area contributed by atoms with Gasteiger partial charge < -0.3 is 4.52 Å². The van der Waals surface area contributed by atoms with Crippen LogP contribution in [-0.2, 0) is 0 Å². The predicted octanol–water partition coefficient (Wildman–Crippen LogP) is 3.96. The van der Waals surface area contributed by atoms with Gasteiger partial charge in [-0.3, -0.25) is 0 Å². The lowest BCUT2D eigenvalue weighted by atomic mass is 10.1.